The summed E-state index contributed by atoms with van der Waals surface area (Å²) in [4.78, 5) is 70.0. The number of amides is 4. The molecule has 4 aliphatic rings. The lowest BCUT2D eigenvalue weighted by Crippen LogP contribution is -2.35. The van der Waals surface area contributed by atoms with Crippen molar-refractivity contribution in [3.8, 4) is 23.0 Å². The molecule has 2 aromatic carbocycles. The van der Waals surface area contributed by atoms with E-state index in [1.165, 1.54) is 37.1 Å². The van der Waals surface area contributed by atoms with Gasteiger partial charge in [0, 0.05) is 62.4 Å². The molecule has 0 unspecified atom stereocenters. The fourth-order valence-electron chi connectivity index (χ4n) is 8.67. The van der Waals surface area contributed by atoms with Crippen LogP contribution in [-0.4, -0.2) is 162 Å². The zero-order valence-electron chi connectivity index (χ0n) is 43.5. The summed E-state index contributed by atoms with van der Waals surface area (Å²) in [6.45, 7) is 12.6. The molecule has 2 atom stereocenters. The average molecular weight is 1040 g/mol. The van der Waals surface area contributed by atoms with Crippen molar-refractivity contribution in [2.24, 2.45) is 9.98 Å². The molecule has 0 bridgehead atoms. The fourth-order valence-corrected chi connectivity index (χ4v) is 9.55. The van der Waals surface area contributed by atoms with E-state index in [4.69, 9.17) is 52.9 Å². The molecule has 1 aromatic heterocycles. The lowest BCUT2D eigenvalue weighted by Gasteiger charge is -2.26. The van der Waals surface area contributed by atoms with Gasteiger partial charge in [-0.15, -0.1) is 11.8 Å². The molecular formula is C54H69N7O12S. The molecule has 0 radical (unpaired) electrons. The SMILES string of the molecule is C/C=C1\C[C@H]2C=Nc3cc(OCc4cc(C(C)(C)SCC(=O)NCCOCCOCCOCCOCCC(=O)NC)cc(COc5cc6c(cc5OC)C(=O)N5C/C(=C/C)C[C@H]5C=N6)n4)c(OC)cc3C(=O)N2C1. The lowest BCUT2D eigenvalue weighted by atomic mass is 10.0. The van der Waals surface area contributed by atoms with Crippen molar-refractivity contribution in [3.63, 3.8) is 0 Å². The third-order valence-corrected chi connectivity index (χ3v) is 14.4. The van der Waals surface area contributed by atoms with Crippen LogP contribution >= 0.6 is 11.8 Å². The van der Waals surface area contributed by atoms with E-state index in [1.807, 2.05) is 62.1 Å². The van der Waals surface area contributed by atoms with E-state index in [1.54, 1.807) is 31.3 Å². The van der Waals surface area contributed by atoms with Crippen LogP contribution in [0.4, 0.5) is 11.4 Å². The number of benzene rings is 2. The van der Waals surface area contributed by atoms with Crippen LogP contribution in [0.15, 0.2) is 69.7 Å². The highest BCUT2D eigenvalue weighted by Crippen LogP contribution is 2.42. The van der Waals surface area contributed by atoms with Crippen LogP contribution in [0.5, 0.6) is 23.0 Å². The molecule has 0 saturated carbocycles. The van der Waals surface area contributed by atoms with E-state index >= 15 is 0 Å². The van der Waals surface area contributed by atoms with Crippen molar-refractivity contribution in [2.45, 2.75) is 77.0 Å². The van der Waals surface area contributed by atoms with Crippen LogP contribution < -0.4 is 29.6 Å². The molecule has 4 aliphatic heterocycles. The fraction of sp³-hybridized carbons (Fsp3) is 0.500. The molecule has 74 heavy (non-hydrogen) atoms. The topological polar surface area (TPSA) is 210 Å². The van der Waals surface area contributed by atoms with Gasteiger partial charge in [-0.2, -0.15) is 0 Å². The predicted molar refractivity (Wildman–Crippen MR) is 282 cm³/mol. The summed E-state index contributed by atoms with van der Waals surface area (Å²) in [6.07, 6.45) is 9.55. The Kier molecular flexibility index (Phi) is 20.0. The smallest absolute Gasteiger partial charge is 0.257 e. The van der Waals surface area contributed by atoms with Gasteiger partial charge in [0.1, 0.15) is 13.2 Å². The number of ether oxygens (including phenoxy) is 8. The maximum absolute atomic E-state index is 13.8. The second-order valence-electron chi connectivity index (χ2n) is 18.3. The molecule has 2 N–H and O–H groups in total. The number of aromatic nitrogens is 1. The highest BCUT2D eigenvalue weighted by molar-refractivity contribution is 8.00. The summed E-state index contributed by atoms with van der Waals surface area (Å²) in [5, 5.41) is 5.49. The van der Waals surface area contributed by atoms with Crippen LogP contribution in [0.25, 0.3) is 0 Å². The van der Waals surface area contributed by atoms with Crippen LogP contribution in [-0.2, 0) is 46.5 Å². The van der Waals surface area contributed by atoms with Crippen molar-refractivity contribution in [2.75, 3.05) is 99.5 Å². The van der Waals surface area contributed by atoms with Gasteiger partial charge in [0.25, 0.3) is 11.8 Å². The number of hydrogen-bond acceptors (Lipinski definition) is 16. The minimum atomic E-state index is -0.588. The molecule has 2 fully saturated rings. The Morgan fingerprint density at radius 1 is 0.676 bits per heavy atom. The third kappa shape index (κ3) is 14.5. The van der Waals surface area contributed by atoms with Gasteiger partial charge < -0.3 is 58.3 Å². The first-order valence-corrected chi connectivity index (χ1v) is 25.9. The highest BCUT2D eigenvalue weighted by atomic mass is 32.2. The van der Waals surface area contributed by atoms with Gasteiger partial charge in [-0.1, -0.05) is 23.3 Å². The number of rotatable bonds is 27. The quantitative estimate of drug-likeness (QED) is 0.0635. The van der Waals surface area contributed by atoms with E-state index in [0.717, 1.165) is 18.4 Å². The predicted octanol–water partition coefficient (Wildman–Crippen LogP) is 6.30. The van der Waals surface area contributed by atoms with E-state index in [0.29, 0.717) is 136 Å². The summed E-state index contributed by atoms with van der Waals surface area (Å²) >= 11 is 1.47. The molecule has 398 valence electrons. The number of allylic oxidation sites excluding steroid dienone is 2. The van der Waals surface area contributed by atoms with Gasteiger partial charge >= 0.3 is 0 Å². The first-order chi connectivity index (χ1) is 35.8. The number of aliphatic imine (C=N–C) groups is 2. The molecule has 19 nitrogen and oxygen atoms in total. The van der Waals surface area contributed by atoms with E-state index in [-0.39, 0.29) is 54.7 Å². The van der Waals surface area contributed by atoms with Crippen LogP contribution in [0.2, 0.25) is 0 Å². The van der Waals surface area contributed by atoms with Crippen LogP contribution in [0.1, 0.15) is 84.6 Å². The van der Waals surface area contributed by atoms with E-state index in [2.05, 4.69) is 22.8 Å². The summed E-state index contributed by atoms with van der Waals surface area (Å²) < 4.78 is 45.8. The Morgan fingerprint density at radius 2 is 1.15 bits per heavy atom. The summed E-state index contributed by atoms with van der Waals surface area (Å²) in [7, 11) is 4.65. The van der Waals surface area contributed by atoms with Gasteiger partial charge in [-0.25, -0.2) is 0 Å². The minimum Gasteiger partial charge on any atom is -0.493 e. The number of pyridine rings is 1. The summed E-state index contributed by atoms with van der Waals surface area (Å²) in [5.74, 6) is 1.29. The van der Waals surface area contributed by atoms with Crippen molar-refractivity contribution in [1.82, 2.24) is 25.4 Å². The highest BCUT2D eigenvalue weighted by Gasteiger charge is 2.36. The Labute approximate surface area is 437 Å². The maximum Gasteiger partial charge on any atom is 0.257 e. The molecule has 2 saturated heterocycles. The van der Waals surface area contributed by atoms with Gasteiger partial charge in [0.05, 0.1) is 119 Å². The van der Waals surface area contributed by atoms with Gasteiger partial charge in [-0.05, 0) is 70.4 Å². The van der Waals surface area contributed by atoms with E-state index < -0.39 is 4.75 Å². The number of carbonyl (C=O) groups is 4. The zero-order valence-corrected chi connectivity index (χ0v) is 44.3. The molecular weight excluding hydrogens is 971 g/mol. The largest absolute Gasteiger partial charge is 0.493 e. The Balaban J connectivity index is 0.982. The van der Waals surface area contributed by atoms with Crippen molar-refractivity contribution >= 4 is 59.2 Å². The van der Waals surface area contributed by atoms with Crippen molar-refractivity contribution < 1.29 is 57.1 Å². The first-order valence-electron chi connectivity index (χ1n) is 24.9. The van der Waals surface area contributed by atoms with Crippen molar-refractivity contribution in [3.05, 3.63) is 87.8 Å². The third-order valence-electron chi connectivity index (χ3n) is 13.0. The standard InChI is InChI=1S/C54H69N7O12S/c1-8-35-20-40-28-57-44-26-48(46(66-6)24-42(44)52(64)60(40)30-35)72-32-38-22-37(54(3,4)74-34-51(63)56-11-13-69-15-17-71-19-18-70-16-14-68-12-10-50(62)55-5)23-39(59-38)33-73-49-27-45-43(25-47(49)67-7)53(65)61-31-36(9-2)21-41(61)29-58-45/h8-9,22-29,40-41H,10-21,30-34H2,1-7H3,(H,55,62)(H,56,63)/b35-8+,36-9+/t40-,41-/m0/s1. The second-order valence-corrected chi connectivity index (χ2v) is 19.9. The molecule has 20 heteroatoms. The van der Waals surface area contributed by atoms with Gasteiger partial charge in [-0.3, -0.25) is 34.1 Å². The number of hydrogen-bond donors (Lipinski definition) is 2. The Hall–Kier alpha value is -6.32. The number of thioether (sulfide) groups is 1. The summed E-state index contributed by atoms with van der Waals surface area (Å²) in [6, 6.07) is 10.5. The molecule has 0 aliphatic carbocycles. The van der Waals surface area contributed by atoms with Gasteiger partial charge in [0.15, 0.2) is 23.0 Å². The second kappa shape index (κ2) is 26.8. The molecule has 3 aromatic rings. The minimum absolute atomic E-state index is 0.0244. The van der Waals surface area contributed by atoms with Crippen molar-refractivity contribution in [1.29, 1.82) is 0 Å². The number of nitrogens with one attached hydrogen (secondary N) is 2. The van der Waals surface area contributed by atoms with Crippen LogP contribution in [0.3, 0.4) is 0 Å². The zero-order chi connectivity index (χ0) is 52.6. The molecule has 4 amide bonds. The molecule has 7 rings (SSSR count). The first kappa shape index (κ1) is 55.4. The Bertz CT molecular complexity index is 2480. The van der Waals surface area contributed by atoms with E-state index in [9.17, 15) is 19.2 Å². The Morgan fingerprint density at radius 3 is 1.61 bits per heavy atom. The van der Waals surface area contributed by atoms with Crippen LogP contribution in [0, 0.1) is 0 Å². The monoisotopic (exact) mass is 1040 g/mol. The number of methoxy groups -OCH3 is 2. The molecule has 0 spiro atoms. The summed E-state index contributed by atoms with van der Waals surface area (Å²) in [5.41, 5.74) is 6.27. The number of fused-ring (bicyclic) bond motifs is 4. The maximum atomic E-state index is 13.8. The number of carbonyl (C=O) groups excluding carboxylic acids is 4. The van der Waals surface area contributed by atoms with Gasteiger partial charge in [0.2, 0.25) is 11.8 Å². The average Bonchev–Trinajstić information content (AvgIpc) is 3.98. The lowest BCUT2D eigenvalue weighted by molar-refractivity contribution is -0.122. The normalized spacial score (nSPS) is 17.9. The number of nitrogens with zero attached hydrogens (tertiary/aromatic N) is 5. The molecule has 5 heterocycles.